The fourth-order valence-electron chi connectivity index (χ4n) is 3.53. The van der Waals surface area contributed by atoms with Crippen molar-refractivity contribution in [2.24, 2.45) is 5.92 Å². The first-order valence-electron chi connectivity index (χ1n) is 9.43. The number of benzene rings is 2. The molecule has 0 aliphatic carbocycles. The maximum absolute atomic E-state index is 12.8. The van der Waals surface area contributed by atoms with E-state index in [1.807, 2.05) is 4.90 Å². The van der Waals surface area contributed by atoms with Gasteiger partial charge in [0, 0.05) is 28.7 Å². The standard InChI is InChI=1S/C21H20Cl2N2O4/c22-15-8-16(23)10-17(9-15)28-11-13-3-5-25(6-4-13)21(27)14-1-2-19-18(7-14)24-20(26)12-29-19/h1-2,7-10,13H,3-6,11-12H2,(H,24,26). The van der Waals surface area contributed by atoms with Crippen molar-refractivity contribution in [2.75, 3.05) is 31.6 Å². The van der Waals surface area contributed by atoms with Gasteiger partial charge in [-0.3, -0.25) is 9.59 Å². The van der Waals surface area contributed by atoms with Crippen LogP contribution >= 0.6 is 23.2 Å². The normalized spacial score (nSPS) is 16.6. The van der Waals surface area contributed by atoms with E-state index >= 15 is 0 Å². The van der Waals surface area contributed by atoms with Gasteiger partial charge in [0.05, 0.1) is 12.3 Å². The average Bonchev–Trinajstić information content (AvgIpc) is 2.71. The Kier molecular flexibility index (Phi) is 5.83. The molecule has 1 N–H and O–H groups in total. The van der Waals surface area contributed by atoms with Gasteiger partial charge in [-0.1, -0.05) is 23.2 Å². The molecule has 4 rings (SSSR count). The summed E-state index contributed by atoms with van der Waals surface area (Å²) >= 11 is 12.0. The van der Waals surface area contributed by atoms with E-state index < -0.39 is 0 Å². The van der Waals surface area contributed by atoms with Crippen LogP contribution in [0.4, 0.5) is 5.69 Å². The minimum absolute atomic E-state index is 0.00271. The highest BCUT2D eigenvalue weighted by Gasteiger charge is 2.25. The number of ether oxygens (including phenoxy) is 2. The Morgan fingerprint density at radius 1 is 1.14 bits per heavy atom. The van der Waals surface area contributed by atoms with E-state index in [9.17, 15) is 9.59 Å². The number of carbonyl (C=O) groups is 2. The molecule has 6 nitrogen and oxygen atoms in total. The molecule has 0 radical (unpaired) electrons. The quantitative estimate of drug-likeness (QED) is 0.780. The van der Waals surface area contributed by atoms with E-state index in [0.717, 1.165) is 12.8 Å². The lowest BCUT2D eigenvalue weighted by atomic mass is 9.97. The first-order chi connectivity index (χ1) is 14.0. The van der Waals surface area contributed by atoms with Crippen molar-refractivity contribution >= 4 is 40.7 Å². The Hall–Kier alpha value is -2.44. The molecule has 0 atom stereocenters. The smallest absolute Gasteiger partial charge is 0.262 e. The van der Waals surface area contributed by atoms with Gasteiger partial charge in [0.2, 0.25) is 0 Å². The van der Waals surface area contributed by atoms with Crippen molar-refractivity contribution in [1.29, 1.82) is 0 Å². The number of carbonyl (C=O) groups excluding carboxylic acids is 2. The first kappa shape index (κ1) is 19.9. The minimum Gasteiger partial charge on any atom is -0.493 e. The van der Waals surface area contributed by atoms with E-state index in [-0.39, 0.29) is 18.4 Å². The van der Waals surface area contributed by atoms with Crippen LogP contribution < -0.4 is 14.8 Å². The van der Waals surface area contributed by atoms with E-state index in [2.05, 4.69) is 5.32 Å². The summed E-state index contributed by atoms with van der Waals surface area (Å²) < 4.78 is 11.2. The fourth-order valence-corrected chi connectivity index (χ4v) is 4.03. The van der Waals surface area contributed by atoms with Crippen molar-refractivity contribution in [3.63, 3.8) is 0 Å². The second-order valence-electron chi connectivity index (χ2n) is 7.20. The molecule has 0 aromatic heterocycles. The van der Waals surface area contributed by atoms with Crippen molar-refractivity contribution in [2.45, 2.75) is 12.8 Å². The van der Waals surface area contributed by atoms with Gasteiger partial charge in [0.1, 0.15) is 11.5 Å². The molecule has 1 saturated heterocycles. The van der Waals surface area contributed by atoms with E-state index in [1.54, 1.807) is 36.4 Å². The number of hydrogen-bond donors (Lipinski definition) is 1. The van der Waals surface area contributed by atoms with Gasteiger partial charge < -0.3 is 19.7 Å². The predicted molar refractivity (Wildman–Crippen MR) is 111 cm³/mol. The zero-order valence-electron chi connectivity index (χ0n) is 15.6. The molecule has 2 heterocycles. The van der Waals surface area contributed by atoms with Crippen molar-refractivity contribution in [1.82, 2.24) is 4.90 Å². The summed E-state index contributed by atoms with van der Waals surface area (Å²) in [6.07, 6.45) is 1.70. The number of nitrogens with zero attached hydrogens (tertiary/aromatic N) is 1. The lowest BCUT2D eigenvalue weighted by Gasteiger charge is -2.32. The number of anilines is 1. The highest BCUT2D eigenvalue weighted by atomic mass is 35.5. The SMILES string of the molecule is O=C1COc2ccc(C(=O)N3CCC(COc4cc(Cl)cc(Cl)c4)CC3)cc2N1. The lowest BCUT2D eigenvalue weighted by Crippen LogP contribution is -2.39. The number of fused-ring (bicyclic) bond motifs is 1. The number of amides is 2. The largest absolute Gasteiger partial charge is 0.493 e. The van der Waals surface area contributed by atoms with Crippen LogP contribution in [0.1, 0.15) is 23.2 Å². The van der Waals surface area contributed by atoms with Gasteiger partial charge in [-0.05, 0) is 55.2 Å². The maximum Gasteiger partial charge on any atom is 0.262 e. The Labute approximate surface area is 178 Å². The summed E-state index contributed by atoms with van der Waals surface area (Å²) in [6.45, 7) is 1.87. The molecule has 29 heavy (non-hydrogen) atoms. The van der Waals surface area contributed by atoms with Crippen LogP contribution in [0.5, 0.6) is 11.5 Å². The molecular weight excluding hydrogens is 415 g/mol. The molecule has 0 bridgehead atoms. The fraction of sp³-hybridized carbons (Fsp3) is 0.333. The molecule has 2 amide bonds. The number of halogens is 2. The van der Waals surface area contributed by atoms with Crippen LogP contribution in [-0.2, 0) is 4.79 Å². The molecule has 0 saturated carbocycles. The first-order valence-corrected chi connectivity index (χ1v) is 10.2. The number of nitrogens with one attached hydrogen (secondary N) is 1. The minimum atomic E-state index is -0.219. The molecule has 2 aliphatic rings. The topological polar surface area (TPSA) is 67.9 Å². The third-order valence-electron chi connectivity index (χ3n) is 5.08. The zero-order chi connectivity index (χ0) is 20.4. The molecule has 2 aromatic carbocycles. The van der Waals surface area contributed by atoms with Crippen LogP contribution in [0.2, 0.25) is 10.0 Å². The Bertz CT molecular complexity index is 922. The zero-order valence-corrected chi connectivity index (χ0v) is 17.1. The molecule has 8 heteroatoms. The van der Waals surface area contributed by atoms with Gasteiger partial charge in [0.25, 0.3) is 11.8 Å². The Morgan fingerprint density at radius 3 is 2.59 bits per heavy atom. The van der Waals surface area contributed by atoms with Gasteiger partial charge in [-0.15, -0.1) is 0 Å². The lowest BCUT2D eigenvalue weighted by molar-refractivity contribution is -0.118. The maximum atomic E-state index is 12.8. The van der Waals surface area contributed by atoms with Crippen molar-refractivity contribution < 1.29 is 19.1 Å². The summed E-state index contributed by atoms with van der Waals surface area (Å²) in [7, 11) is 0. The summed E-state index contributed by atoms with van der Waals surface area (Å²) in [6, 6.07) is 10.3. The number of hydrogen-bond acceptors (Lipinski definition) is 4. The average molecular weight is 435 g/mol. The van der Waals surface area contributed by atoms with Gasteiger partial charge >= 0.3 is 0 Å². The number of likely N-dealkylation sites (tertiary alicyclic amines) is 1. The molecule has 2 aliphatic heterocycles. The Morgan fingerprint density at radius 2 is 1.86 bits per heavy atom. The van der Waals surface area contributed by atoms with Crippen LogP contribution in [0, 0.1) is 5.92 Å². The molecule has 2 aromatic rings. The van der Waals surface area contributed by atoms with E-state index in [0.29, 0.717) is 58.4 Å². The molecule has 152 valence electrons. The van der Waals surface area contributed by atoms with Crippen molar-refractivity contribution in [3.8, 4) is 11.5 Å². The second kappa shape index (κ2) is 8.51. The van der Waals surface area contributed by atoms with Gasteiger partial charge in [-0.2, -0.15) is 0 Å². The van der Waals surface area contributed by atoms with Gasteiger partial charge in [-0.25, -0.2) is 0 Å². The van der Waals surface area contributed by atoms with Crippen LogP contribution in [0.15, 0.2) is 36.4 Å². The summed E-state index contributed by atoms with van der Waals surface area (Å²) in [4.78, 5) is 26.2. The second-order valence-corrected chi connectivity index (χ2v) is 8.07. The van der Waals surface area contributed by atoms with Crippen LogP contribution in [0.25, 0.3) is 0 Å². The van der Waals surface area contributed by atoms with Crippen LogP contribution in [-0.4, -0.2) is 43.0 Å². The highest BCUT2D eigenvalue weighted by molar-refractivity contribution is 6.34. The third kappa shape index (κ3) is 4.77. The van der Waals surface area contributed by atoms with E-state index in [4.69, 9.17) is 32.7 Å². The summed E-state index contributed by atoms with van der Waals surface area (Å²) in [5.41, 5.74) is 1.08. The molecule has 0 spiro atoms. The van der Waals surface area contributed by atoms with Gasteiger partial charge in [0.15, 0.2) is 6.61 Å². The summed E-state index contributed by atoms with van der Waals surface area (Å²) in [5, 5.41) is 3.82. The third-order valence-corrected chi connectivity index (χ3v) is 5.52. The molecule has 0 unspecified atom stereocenters. The van der Waals surface area contributed by atoms with E-state index in [1.165, 1.54) is 0 Å². The number of piperidine rings is 1. The van der Waals surface area contributed by atoms with Crippen LogP contribution in [0.3, 0.4) is 0 Å². The monoisotopic (exact) mass is 434 g/mol. The highest BCUT2D eigenvalue weighted by Crippen LogP contribution is 2.30. The Balaban J connectivity index is 1.32. The predicted octanol–water partition coefficient (Wildman–Crippen LogP) is 4.26. The number of rotatable bonds is 4. The summed E-state index contributed by atoms with van der Waals surface area (Å²) in [5.74, 6) is 1.32. The molecule has 1 fully saturated rings. The van der Waals surface area contributed by atoms with Crippen molar-refractivity contribution in [3.05, 3.63) is 52.0 Å². The molecular formula is C21H20Cl2N2O4.